The number of fused-ring (bicyclic) bond motifs is 1. The molecule has 1 unspecified atom stereocenters. The topological polar surface area (TPSA) is 12.5 Å². The highest BCUT2D eigenvalue weighted by molar-refractivity contribution is 6.30. The highest BCUT2D eigenvalue weighted by Gasteiger charge is 2.29. The van der Waals surface area contributed by atoms with Gasteiger partial charge < -0.3 is 9.64 Å². The molecular weight excluding hydrogens is 325 g/mol. The molecule has 1 aliphatic heterocycles. The fourth-order valence-electron chi connectivity index (χ4n) is 2.93. The van der Waals surface area contributed by atoms with Crippen LogP contribution in [-0.4, -0.2) is 0 Å². The number of halogens is 2. The van der Waals surface area contributed by atoms with Gasteiger partial charge in [-0.2, -0.15) is 0 Å². The summed E-state index contributed by atoms with van der Waals surface area (Å²) in [5.74, 6) is 0.602. The van der Waals surface area contributed by atoms with Crippen LogP contribution in [0, 0.1) is 5.82 Å². The van der Waals surface area contributed by atoms with Gasteiger partial charge in [-0.15, -0.1) is 0 Å². The molecule has 0 amide bonds. The highest BCUT2D eigenvalue weighted by Crippen LogP contribution is 2.38. The summed E-state index contributed by atoms with van der Waals surface area (Å²) in [6.45, 7) is 0.708. The van der Waals surface area contributed by atoms with Crippen LogP contribution in [0.3, 0.4) is 0 Å². The van der Waals surface area contributed by atoms with Crippen molar-refractivity contribution in [3.05, 3.63) is 94.8 Å². The van der Waals surface area contributed by atoms with Crippen LogP contribution >= 0.6 is 11.6 Å². The lowest BCUT2D eigenvalue weighted by Crippen LogP contribution is -2.35. The Kier molecular flexibility index (Phi) is 3.87. The smallest absolute Gasteiger partial charge is 0.199 e. The normalized spacial score (nSPS) is 16.4. The molecule has 0 N–H and O–H groups in total. The maximum atomic E-state index is 13.3. The molecule has 0 saturated heterocycles. The van der Waals surface area contributed by atoms with Crippen LogP contribution < -0.4 is 9.64 Å². The van der Waals surface area contributed by atoms with Crippen LogP contribution in [0.25, 0.3) is 0 Å². The summed E-state index contributed by atoms with van der Waals surface area (Å²) in [7, 11) is 0. The van der Waals surface area contributed by atoms with E-state index >= 15 is 0 Å². The summed E-state index contributed by atoms with van der Waals surface area (Å²) in [5.41, 5.74) is 3.02. The lowest BCUT2D eigenvalue weighted by atomic mass is 10.1. The van der Waals surface area contributed by atoms with Crippen molar-refractivity contribution in [2.75, 3.05) is 4.90 Å². The van der Waals surface area contributed by atoms with E-state index in [1.54, 1.807) is 12.1 Å². The second kappa shape index (κ2) is 6.17. The molecular formula is C20H15ClFNO. The molecule has 24 heavy (non-hydrogen) atoms. The predicted octanol–water partition coefficient (Wildman–Crippen LogP) is 5.58. The zero-order valence-corrected chi connectivity index (χ0v) is 13.6. The Labute approximate surface area is 145 Å². The number of rotatable bonds is 2. The van der Waals surface area contributed by atoms with Crippen molar-refractivity contribution in [3.8, 4) is 5.75 Å². The zero-order chi connectivity index (χ0) is 16.5. The Morgan fingerprint density at radius 1 is 0.917 bits per heavy atom. The maximum Gasteiger partial charge on any atom is 0.199 e. The number of para-hydroxylation sites is 1. The van der Waals surface area contributed by atoms with Crippen molar-refractivity contribution in [1.29, 1.82) is 0 Å². The Bertz CT molecular complexity index is 776. The van der Waals surface area contributed by atoms with Gasteiger partial charge in [-0.3, -0.25) is 0 Å². The fourth-order valence-corrected chi connectivity index (χ4v) is 3.06. The van der Waals surface area contributed by atoms with Crippen LogP contribution in [0.2, 0.25) is 5.02 Å². The van der Waals surface area contributed by atoms with Gasteiger partial charge in [0.2, 0.25) is 0 Å². The van der Waals surface area contributed by atoms with Gasteiger partial charge >= 0.3 is 0 Å². The van der Waals surface area contributed by atoms with Crippen LogP contribution in [0.4, 0.5) is 10.1 Å². The van der Waals surface area contributed by atoms with Gasteiger partial charge in [-0.1, -0.05) is 41.9 Å². The van der Waals surface area contributed by atoms with Crippen molar-refractivity contribution in [2.45, 2.75) is 12.8 Å². The third-order valence-corrected chi connectivity index (χ3v) is 4.40. The molecule has 0 radical (unpaired) electrons. The van der Waals surface area contributed by atoms with Crippen LogP contribution in [0.1, 0.15) is 17.4 Å². The summed E-state index contributed by atoms with van der Waals surface area (Å²) in [4.78, 5) is 2.14. The van der Waals surface area contributed by atoms with Crippen LogP contribution in [-0.2, 0) is 6.54 Å². The standard InChI is InChI=1S/C20H15ClFNO/c21-16-7-11-18(12-8-16)23-13-15-3-1-2-4-19(15)24-20(23)14-5-9-17(22)10-6-14/h1-12,20H,13H2. The summed E-state index contributed by atoms with van der Waals surface area (Å²) in [5, 5.41) is 0.690. The summed E-state index contributed by atoms with van der Waals surface area (Å²) in [6.07, 6.45) is -0.318. The van der Waals surface area contributed by atoms with Crippen molar-refractivity contribution in [3.63, 3.8) is 0 Å². The molecule has 0 aromatic heterocycles. The Morgan fingerprint density at radius 2 is 1.62 bits per heavy atom. The van der Waals surface area contributed by atoms with Crippen molar-refractivity contribution in [2.24, 2.45) is 0 Å². The summed E-state index contributed by atoms with van der Waals surface area (Å²) < 4.78 is 19.5. The van der Waals surface area contributed by atoms with Gasteiger partial charge in [0.1, 0.15) is 11.6 Å². The molecule has 0 spiro atoms. The molecule has 3 aromatic carbocycles. The Morgan fingerprint density at radius 3 is 2.38 bits per heavy atom. The fraction of sp³-hybridized carbons (Fsp3) is 0.100. The number of hydrogen-bond donors (Lipinski definition) is 0. The van der Waals surface area contributed by atoms with Gasteiger partial charge in [0.25, 0.3) is 0 Å². The van der Waals surface area contributed by atoms with E-state index in [0.29, 0.717) is 11.6 Å². The number of benzene rings is 3. The Balaban J connectivity index is 1.78. The van der Waals surface area contributed by atoms with E-state index in [4.69, 9.17) is 16.3 Å². The van der Waals surface area contributed by atoms with Gasteiger partial charge in [-0.05, 0) is 42.5 Å². The molecule has 0 saturated carbocycles. The number of anilines is 1. The molecule has 2 nitrogen and oxygen atoms in total. The molecule has 1 atom stereocenters. The number of nitrogens with zero attached hydrogens (tertiary/aromatic N) is 1. The number of ether oxygens (including phenoxy) is 1. The lowest BCUT2D eigenvalue weighted by molar-refractivity contribution is 0.178. The first-order valence-electron chi connectivity index (χ1n) is 7.73. The molecule has 0 bridgehead atoms. The molecule has 1 aliphatic rings. The largest absolute Gasteiger partial charge is 0.466 e. The van der Waals surface area contributed by atoms with E-state index in [1.807, 2.05) is 42.5 Å². The monoisotopic (exact) mass is 339 g/mol. The van der Waals surface area contributed by atoms with E-state index in [9.17, 15) is 4.39 Å². The molecule has 4 rings (SSSR count). The van der Waals surface area contributed by atoms with E-state index in [0.717, 1.165) is 22.6 Å². The predicted molar refractivity (Wildman–Crippen MR) is 93.8 cm³/mol. The molecule has 1 heterocycles. The SMILES string of the molecule is Fc1ccc(C2Oc3ccccc3CN2c2ccc(Cl)cc2)cc1. The van der Waals surface area contributed by atoms with Crippen molar-refractivity contribution < 1.29 is 9.13 Å². The van der Waals surface area contributed by atoms with Crippen LogP contribution in [0.5, 0.6) is 5.75 Å². The highest BCUT2D eigenvalue weighted by atomic mass is 35.5. The van der Waals surface area contributed by atoms with Gasteiger partial charge in [-0.25, -0.2) is 4.39 Å². The molecule has 0 aliphatic carbocycles. The second-order valence-electron chi connectivity index (χ2n) is 5.73. The van der Waals surface area contributed by atoms with Gasteiger partial charge in [0, 0.05) is 21.8 Å². The first-order chi connectivity index (χ1) is 11.7. The van der Waals surface area contributed by atoms with E-state index < -0.39 is 0 Å². The maximum absolute atomic E-state index is 13.3. The first kappa shape index (κ1) is 15.0. The van der Waals surface area contributed by atoms with Crippen molar-refractivity contribution in [1.82, 2.24) is 0 Å². The molecule has 0 fully saturated rings. The molecule has 4 heteroatoms. The summed E-state index contributed by atoms with van der Waals surface area (Å²) in [6, 6.07) is 22.1. The van der Waals surface area contributed by atoms with Gasteiger partial charge in [0.15, 0.2) is 6.23 Å². The quantitative estimate of drug-likeness (QED) is 0.604. The van der Waals surface area contributed by atoms with Gasteiger partial charge in [0.05, 0.1) is 6.54 Å². The average molecular weight is 340 g/mol. The third-order valence-electron chi connectivity index (χ3n) is 4.15. The van der Waals surface area contributed by atoms with Crippen molar-refractivity contribution >= 4 is 17.3 Å². The lowest BCUT2D eigenvalue weighted by Gasteiger charge is -2.38. The second-order valence-corrected chi connectivity index (χ2v) is 6.17. The summed E-state index contributed by atoms with van der Waals surface area (Å²) >= 11 is 6.01. The molecule has 120 valence electrons. The third kappa shape index (κ3) is 2.83. The van der Waals surface area contributed by atoms with E-state index in [-0.39, 0.29) is 12.0 Å². The first-order valence-corrected chi connectivity index (χ1v) is 8.11. The minimum atomic E-state index is -0.318. The minimum absolute atomic E-state index is 0.256. The van der Waals surface area contributed by atoms with Crippen LogP contribution in [0.15, 0.2) is 72.8 Å². The Hall–Kier alpha value is -2.52. The molecule has 3 aromatic rings. The number of hydrogen-bond acceptors (Lipinski definition) is 2. The van der Waals surface area contributed by atoms with E-state index in [2.05, 4.69) is 11.0 Å². The minimum Gasteiger partial charge on any atom is -0.466 e. The van der Waals surface area contributed by atoms with E-state index in [1.165, 1.54) is 12.1 Å². The average Bonchev–Trinajstić information content (AvgIpc) is 2.62. The zero-order valence-electron chi connectivity index (χ0n) is 12.8.